The van der Waals surface area contributed by atoms with Gasteiger partial charge in [0.05, 0.1) is 70.2 Å². The van der Waals surface area contributed by atoms with Crippen molar-refractivity contribution < 1.29 is 55.3 Å². The average Bonchev–Trinajstić information content (AvgIpc) is 3.60. The molecule has 5 aromatic rings. The van der Waals surface area contributed by atoms with Crippen LogP contribution in [0.1, 0.15) is 62.7 Å². The second-order valence-corrected chi connectivity index (χ2v) is 20.2. The standard InChI is InChI=1S/C41H46N12O13P2/c1-22(2)36(54)50-40-49-35-28(38(56)51-40)47-21-53(35)39-31-30(59-4)26(64-39)17-62-67(57,60-14-8-12-42)66-32-23(3)29(25-16-41(25,32)18-63-68(58,65-31)61-15-9-13-43)52-20-46-27-33(44-19-45-34(27)52)48-37(55)24-10-6-5-7-11-24/h5-7,10-11,19-23,25-26,29-32,39H,8-9,14-18H2,1-4H3,(H,44,45,48,55)(H2,49,50,51,54,56)/t23-,25+,26+,29-,30+,31+,32-,39+,41+,67?,68?/m0/s1. The fourth-order valence-electron chi connectivity index (χ4n) is 9.19. The summed E-state index contributed by atoms with van der Waals surface area (Å²) in [5.74, 6) is -2.18. The lowest BCUT2D eigenvalue weighted by Gasteiger charge is -2.32. The molecule has 11 atom stereocenters. The van der Waals surface area contributed by atoms with E-state index in [4.69, 9.17) is 36.6 Å². The number of carbonyl (C=O) groups is 2. The molecule has 25 nitrogen and oxygen atoms in total. The summed E-state index contributed by atoms with van der Waals surface area (Å²) in [6.45, 7) is 3.55. The SMILES string of the molecule is CO[C@H]1[C@H]2OP(=O)(OCCC#N)OC[C@]34C[C@@H]3[C@@H](n3cnc5c(NC(=O)c6ccccc6)ncnc53)[C@H](C)[C@@H]4OP(=O)(OCCC#N)OC[C@H]1O[C@H]2n1cnc2c(=O)[nH]c(NC(=O)C(C)C)nc21. The molecule has 68 heavy (non-hydrogen) atoms. The van der Waals surface area contributed by atoms with Crippen LogP contribution < -0.4 is 16.2 Å². The van der Waals surface area contributed by atoms with Crippen molar-refractivity contribution in [3.05, 3.63) is 65.2 Å². The summed E-state index contributed by atoms with van der Waals surface area (Å²) < 4.78 is 82.4. The number of nitrogens with one attached hydrogen (secondary N) is 3. The van der Waals surface area contributed by atoms with E-state index in [1.807, 2.05) is 23.6 Å². The lowest BCUT2D eigenvalue weighted by molar-refractivity contribution is -0.118. The van der Waals surface area contributed by atoms with Crippen LogP contribution in [0.4, 0.5) is 11.8 Å². The Bertz CT molecular complexity index is 2970. The van der Waals surface area contributed by atoms with E-state index in [0.717, 1.165) is 0 Å². The zero-order valence-electron chi connectivity index (χ0n) is 37.0. The van der Waals surface area contributed by atoms with Gasteiger partial charge in [0.2, 0.25) is 11.9 Å². The summed E-state index contributed by atoms with van der Waals surface area (Å²) in [7, 11) is -8.09. The minimum absolute atomic E-state index is 0.0736. The maximum atomic E-state index is 15.1. The van der Waals surface area contributed by atoms with Gasteiger partial charge >= 0.3 is 15.6 Å². The Morgan fingerprint density at radius 3 is 2.37 bits per heavy atom. The van der Waals surface area contributed by atoms with Crippen molar-refractivity contribution >= 4 is 61.6 Å². The fraction of sp³-hybridized carbons (Fsp3) is 0.512. The smallest absolute Gasteiger partial charge is 0.376 e. The number of amides is 2. The Morgan fingerprint density at radius 2 is 1.66 bits per heavy atom. The number of H-pyrrole nitrogens is 1. The van der Waals surface area contributed by atoms with Crippen molar-refractivity contribution in [2.45, 2.75) is 76.7 Å². The van der Waals surface area contributed by atoms with Gasteiger partial charge in [0.1, 0.15) is 24.6 Å². The maximum absolute atomic E-state index is 15.1. The van der Waals surface area contributed by atoms with Crippen molar-refractivity contribution in [3.8, 4) is 12.1 Å². The molecule has 4 aliphatic rings. The molecular formula is C41H46N12O13P2. The number of anilines is 2. The van der Waals surface area contributed by atoms with Crippen LogP contribution in [-0.4, -0.2) is 109 Å². The quantitative estimate of drug-likeness (QED) is 0.105. The van der Waals surface area contributed by atoms with Crippen molar-refractivity contribution in [3.63, 3.8) is 0 Å². The molecule has 358 valence electrons. The van der Waals surface area contributed by atoms with Crippen LogP contribution >= 0.6 is 15.6 Å². The Balaban J connectivity index is 1.09. The van der Waals surface area contributed by atoms with Crippen molar-refractivity contribution in [1.82, 2.24) is 39.0 Å². The highest BCUT2D eigenvalue weighted by Gasteiger charge is 2.73. The van der Waals surface area contributed by atoms with E-state index in [1.54, 1.807) is 50.5 Å². The van der Waals surface area contributed by atoms with Crippen LogP contribution in [0, 0.1) is 45.8 Å². The predicted octanol–water partition coefficient (Wildman–Crippen LogP) is 4.81. The highest BCUT2D eigenvalue weighted by atomic mass is 31.2. The maximum Gasteiger partial charge on any atom is 0.475 e. The number of hydrogen-bond donors (Lipinski definition) is 3. The Kier molecular flexibility index (Phi) is 13.2. The number of nitriles is 2. The largest absolute Gasteiger partial charge is 0.475 e. The van der Waals surface area contributed by atoms with Gasteiger partial charge in [0.15, 0.2) is 34.4 Å². The highest BCUT2D eigenvalue weighted by Crippen LogP contribution is 2.74. The number of phosphoric acid groups is 2. The summed E-state index contributed by atoms with van der Waals surface area (Å²) in [6.07, 6.45) is -2.11. The van der Waals surface area contributed by atoms with Crippen LogP contribution in [0.15, 0.2) is 54.1 Å². The zero-order chi connectivity index (χ0) is 48.0. The molecule has 3 N–H and O–H groups in total. The van der Waals surface area contributed by atoms with E-state index in [0.29, 0.717) is 23.1 Å². The van der Waals surface area contributed by atoms with Crippen molar-refractivity contribution in [2.75, 3.05) is 44.2 Å². The second-order valence-electron chi connectivity index (χ2n) is 17.0. The lowest BCUT2D eigenvalue weighted by atomic mass is 9.94. The molecule has 1 spiro atoms. The van der Waals surface area contributed by atoms with Crippen molar-refractivity contribution in [2.24, 2.45) is 23.2 Å². The second kappa shape index (κ2) is 18.9. The first-order chi connectivity index (χ1) is 32.7. The minimum Gasteiger partial charge on any atom is -0.376 e. The van der Waals surface area contributed by atoms with Gasteiger partial charge in [-0.1, -0.05) is 39.0 Å². The first-order valence-corrected chi connectivity index (χ1v) is 24.5. The molecule has 2 aliphatic carbocycles. The van der Waals surface area contributed by atoms with Gasteiger partial charge in [-0.05, 0) is 24.5 Å². The molecule has 2 saturated carbocycles. The Morgan fingerprint density at radius 1 is 0.956 bits per heavy atom. The van der Waals surface area contributed by atoms with Gasteiger partial charge in [-0.3, -0.25) is 56.4 Å². The molecular weight excluding hydrogens is 930 g/mol. The van der Waals surface area contributed by atoms with Crippen LogP contribution in [0.2, 0.25) is 0 Å². The molecule has 4 aromatic heterocycles. The number of ether oxygens (including phenoxy) is 2. The number of rotatable bonds is 13. The first kappa shape index (κ1) is 47.3. The molecule has 2 unspecified atom stereocenters. The molecule has 9 rings (SSSR count). The van der Waals surface area contributed by atoms with E-state index < -0.39 is 93.6 Å². The van der Waals surface area contributed by atoms with Gasteiger partial charge < -0.3 is 19.4 Å². The number of fused-ring (bicyclic) bond motifs is 4. The molecule has 6 heterocycles. The predicted molar refractivity (Wildman–Crippen MR) is 234 cm³/mol. The van der Waals surface area contributed by atoms with E-state index in [-0.39, 0.29) is 61.5 Å². The van der Waals surface area contributed by atoms with Crippen LogP contribution in [0.25, 0.3) is 22.3 Å². The summed E-state index contributed by atoms with van der Waals surface area (Å²) in [4.78, 5) is 63.6. The van der Waals surface area contributed by atoms with Crippen LogP contribution in [0.3, 0.4) is 0 Å². The van der Waals surface area contributed by atoms with Gasteiger partial charge in [0, 0.05) is 36.0 Å². The number of phosphoric ester groups is 2. The van der Waals surface area contributed by atoms with Gasteiger partial charge in [-0.15, -0.1) is 0 Å². The Hall–Kier alpha value is -5.82. The molecule has 2 aliphatic heterocycles. The fourth-order valence-corrected chi connectivity index (χ4v) is 12.1. The molecule has 2 bridgehead atoms. The number of imidazole rings is 2. The molecule has 2 amide bonds. The summed E-state index contributed by atoms with van der Waals surface area (Å²) in [5, 5.41) is 24.2. The van der Waals surface area contributed by atoms with E-state index in [1.165, 1.54) is 24.3 Å². The van der Waals surface area contributed by atoms with Crippen LogP contribution in [-0.2, 0) is 50.5 Å². The van der Waals surface area contributed by atoms with E-state index in [2.05, 4.69) is 40.5 Å². The van der Waals surface area contributed by atoms with Gasteiger partial charge in [-0.2, -0.15) is 15.5 Å². The molecule has 1 aromatic carbocycles. The number of benzene rings is 1. The number of aromatic amines is 1. The molecule has 2 saturated heterocycles. The first-order valence-electron chi connectivity index (χ1n) is 21.6. The zero-order valence-corrected chi connectivity index (χ0v) is 38.8. The summed E-state index contributed by atoms with van der Waals surface area (Å²) in [6, 6.07) is 12.0. The number of hydrogen-bond acceptors (Lipinski definition) is 20. The topological polar surface area (TPSA) is 321 Å². The molecule has 27 heteroatoms. The third-order valence-corrected chi connectivity index (χ3v) is 15.4. The van der Waals surface area contributed by atoms with Gasteiger partial charge in [0.25, 0.3) is 11.5 Å². The number of methoxy groups -OCH3 is 1. The monoisotopic (exact) mass is 976 g/mol. The third-order valence-electron chi connectivity index (χ3n) is 12.5. The number of carbonyl (C=O) groups excluding carboxylic acids is 2. The Labute approximate surface area is 387 Å². The van der Waals surface area contributed by atoms with Crippen LogP contribution in [0.5, 0.6) is 0 Å². The molecule has 0 radical (unpaired) electrons. The normalized spacial score (nSPS) is 31.2. The molecule has 4 fully saturated rings. The summed E-state index contributed by atoms with van der Waals surface area (Å²) >= 11 is 0. The lowest BCUT2D eigenvalue weighted by Crippen LogP contribution is -2.37. The average molecular weight is 977 g/mol. The highest BCUT2D eigenvalue weighted by molar-refractivity contribution is 7.48. The summed E-state index contributed by atoms with van der Waals surface area (Å²) in [5.41, 5.74) is -0.889. The number of nitrogens with zero attached hydrogens (tertiary/aromatic N) is 9. The minimum atomic E-state index is -4.76. The van der Waals surface area contributed by atoms with E-state index in [9.17, 15) is 29.5 Å². The van der Waals surface area contributed by atoms with E-state index >= 15 is 4.57 Å². The number of aromatic nitrogens is 8. The van der Waals surface area contributed by atoms with Crippen molar-refractivity contribution in [1.29, 1.82) is 10.5 Å². The third kappa shape index (κ3) is 8.87. The van der Waals surface area contributed by atoms with Gasteiger partial charge in [-0.25, -0.2) is 29.1 Å².